The second kappa shape index (κ2) is 10.4. The number of fused-ring (bicyclic) bond motifs is 1. The summed E-state index contributed by atoms with van der Waals surface area (Å²) in [5.74, 6) is 1.39. The van der Waals surface area contributed by atoms with Crippen molar-refractivity contribution in [3.8, 4) is 11.6 Å². The standard InChI is InChI=1S/C28H40BN3O5Si/c1-25(2,3)38-37-26(4,5)23-12-11-13-24(31-23)32-21-16-19(29-35-27(6,7)28(8,9)36-29)17-22(20(21)18-30-32)34-15-14-33-10/h11-13,16-18H,14-15H2,1-10H3. The van der Waals surface area contributed by atoms with Crippen LogP contribution in [0.25, 0.3) is 16.7 Å². The van der Waals surface area contributed by atoms with Crippen LogP contribution >= 0.6 is 0 Å². The lowest BCUT2D eigenvalue weighted by atomic mass is 9.78. The van der Waals surface area contributed by atoms with Crippen molar-refractivity contribution in [2.45, 2.75) is 84.2 Å². The summed E-state index contributed by atoms with van der Waals surface area (Å²) in [6, 6.07) is 9.96. The molecule has 4 rings (SSSR count). The van der Waals surface area contributed by atoms with Gasteiger partial charge in [-0.25, -0.2) is 9.67 Å². The van der Waals surface area contributed by atoms with Crippen molar-refractivity contribution < 1.29 is 23.2 Å². The van der Waals surface area contributed by atoms with Crippen molar-refractivity contribution in [2.75, 3.05) is 20.3 Å². The van der Waals surface area contributed by atoms with E-state index in [1.807, 2.05) is 68.9 Å². The first-order valence-electron chi connectivity index (χ1n) is 13.1. The summed E-state index contributed by atoms with van der Waals surface area (Å²) in [6.45, 7) is 19.7. The molecule has 1 aliphatic rings. The maximum absolute atomic E-state index is 6.36. The lowest BCUT2D eigenvalue weighted by molar-refractivity contribution is 0.00578. The Labute approximate surface area is 229 Å². The van der Waals surface area contributed by atoms with E-state index in [4.69, 9.17) is 33.3 Å². The topological polar surface area (TPSA) is 76.9 Å². The molecule has 0 spiro atoms. The third kappa shape index (κ3) is 5.99. The van der Waals surface area contributed by atoms with Crippen molar-refractivity contribution in [3.63, 3.8) is 0 Å². The molecule has 1 aliphatic heterocycles. The Kier molecular flexibility index (Phi) is 7.86. The van der Waals surface area contributed by atoms with Gasteiger partial charge in [0.05, 0.1) is 46.2 Å². The molecule has 204 valence electrons. The first-order valence-corrected chi connectivity index (χ1v) is 14.0. The number of nitrogens with zero attached hydrogens (tertiary/aromatic N) is 3. The van der Waals surface area contributed by atoms with E-state index in [0.29, 0.717) is 34.5 Å². The van der Waals surface area contributed by atoms with Gasteiger partial charge in [-0.1, -0.05) is 26.8 Å². The van der Waals surface area contributed by atoms with Crippen molar-refractivity contribution in [1.82, 2.24) is 14.8 Å². The smallest absolute Gasteiger partial charge is 0.490 e. The van der Waals surface area contributed by atoms with E-state index in [1.165, 1.54) is 0 Å². The van der Waals surface area contributed by atoms with Gasteiger partial charge in [0, 0.05) is 7.11 Å². The second-order valence-electron chi connectivity index (χ2n) is 12.3. The summed E-state index contributed by atoms with van der Waals surface area (Å²) in [4.78, 5) is 4.97. The molecule has 10 heteroatoms. The van der Waals surface area contributed by atoms with Crippen LogP contribution in [0.1, 0.15) is 68.0 Å². The third-order valence-electron chi connectivity index (χ3n) is 6.92. The quantitative estimate of drug-likeness (QED) is 0.286. The lowest BCUT2D eigenvalue weighted by Crippen LogP contribution is -2.41. The first kappa shape index (κ1) is 28.8. The molecule has 1 aromatic carbocycles. The maximum Gasteiger partial charge on any atom is 0.495 e. The van der Waals surface area contributed by atoms with Gasteiger partial charge in [-0.15, -0.1) is 0 Å². The lowest BCUT2D eigenvalue weighted by Gasteiger charge is -2.32. The van der Waals surface area contributed by atoms with Crippen LogP contribution in [0, 0.1) is 0 Å². The Morgan fingerprint density at radius 3 is 2.32 bits per heavy atom. The summed E-state index contributed by atoms with van der Waals surface area (Å²) < 4.78 is 32.2. The van der Waals surface area contributed by atoms with Crippen LogP contribution in [-0.2, 0) is 24.1 Å². The molecule has 0 saturated carbocycles. The molecule has 0 unspecified atom stereocenters. The number of methoxy groups -OCH3 is 1. The van der Waals surface area contributed by atoms with Crippen LogP contribution < -0.4 is 10.2 Å². The van der Waals surface area contributed by atoms with Gasteiger partial charge in [-0.05, 0) is 76.3 Å². The van der Waals surface area contributed by atoms with Crippen LogP contribution in [0.2, 0.25) is 5.04 Å². The predicted octanol–water partition coefficient (Wildman–Crippen LogP) is 4.83. The van der Waals surface area contributed by atoms with E-state index in [1.54, 1.807) is 7.11 Å². The molecule has 8 nitrogen and oxygen atoms in total. The highest BCUT2D eigenvalue weighted by molar-refractivity contribution is 6.62. The number of hydrogen-bond acceptors (Lipinski definition) is 7. The Bertz CT molecular complexity index is 1270. The monoisotopic (exact) mass is 537 g/mol. The number of aromatic nitrogens is 3. The van der Waals surface area contributed by atoms with Crippen LogP contribution in [0.3, 0.4) is 0 Å². The van der Waals surface area contributed by atoms with Gasteiger partial charge in [0.25, 0.3) is 0 Å². The van der Waals surface area contributed by atoms with Crippen molar-refractivity contribution in [3.05, 3.63) is 42.2 Å². The molecule has 1 fully saturated rings. The zero-order valence-electron chi connectivity index (χ0n) is 24.3. The zero-order chi connectivity index (χ0) is 27.9. The highest BCUT2D eigenvalue weighted by Crippen LogP contribution is 2.37. The molecule has 1 saturated heterocycles. The Hall–Kier alpha value is -2.24. The van der Waals surface area contributed by atoms with Gasteiger partial charge in [-0.3, -0.25) is 0 Å². The Morgan fingerprint density at radius 2 is 1.68 bits per heavy atom. The fourth-order valence-electron chi connectivity index (χ4n) is 3.98. The van der Waals surface area contributed by atoms with Crippen molar-refractivity contribution >= 4 is 33.2 Å². The summed E-state index contributed by atoms with van der Waals surface area (Å²) in [5.41, 5.74) is 1.08. The molecule has 0 amide bonds. The Morgan fingerprint density at radius 1 is 1.00 bits per heavy atom. The van der Waals surface area contributed by atoms with Gasteiger partial charge < -0.3 is 23.2 Å². The minimum absolute atomic E-state index is 0.0796. The summed E-state index contributed by atoms with van der Waals surface area (Å²) in [6.07, 6.45) is 1.81. The van der Waals surface area contributed by atoms with Crippen molar-refractivity contribution in [2.24, 2.45) is 0 Å². The predicted molar refractivity (Wildman–Crippen MR) is 152 cm³/mol. The molecule has 2 aromatic heterocycles. The molecular formula is C28H40BN3O5Si. The molecular weight excluding hydrogens is 497 g/mol. The van der Waals surface area contributed by atoms with Gasteiger partial charge in [0.2, 0.25) is 9.76 Å². The average molecular weight is 538 g/mol. The maximum atomic E-state index is 6.36. The number of hydrogen-bond donors (Lipinski definition) is 0. The minimum atomic E-state index is -0.549. The van der Waals surface area contributed by atoms with Gasteiger partial charge in [0.15, 0.2) is 5.82 Å². The molecule has 0 aliphatic carbocycles. The summed E-state index contributed by atoms with van der Waals surface area (Å²) in [5, 5.41) is 5.66. The van der Waals surface area contributed by atoms with Gasteiger partial charge >= 0.3 is 7.12 Å². The fraction of sp³-hybridized carbons (Fsp3) is 0.571. The van der Waals surface area contributed by atoms with Crippen LogP contribution in [0.4, 0.5) is 0 Å². The van der Waals surface area contributed by atoms with E-state index < -0.39 is 23.9 Å². The van der Waals surface area contributed by atoms with Gasteiger partial charge in [0.1, 0.15) is 12.4 Å². The van der Waals surface area contributed by atoms with Crippen LogP contribution in [0.15, 0.2) is 36.5 Å². The molecule has 3 aromatic rings. The van der Waals surface area contributed by atoms with Gasteiger partial charge in [-0.2, -0.15) is 5.10 Å². The minimum Gasteiger partial charge on any atom is -0.490 e. The highest BCUT2D eigenvalue weighted by Gasteiger charge is 2.52. The number of ether oxygens (including phenoxy) is 2. The number of rotatable bonds is 9. The third-order valence-corrected chi connectivity index (χ3v) is 8.15. The SMILES string of the molecule is COCCOc1cc(B2OC(C)(C)C(C)(C)O2)cc2c1cnn2-c1cccc(C(C)(C)O[Si]C(C)(C)C)n1. The molecule has 2 radical (unpaired) electrons. The van der Waals surface area contributed by atoms with Crippen LogP contribution in [-0.4, -0.2) is 63.2 Å². The van der Waals surface area contributed by atoms with E-state index in [0.717, 1.165) is 22.1 Å². The number of pyridine rings is 1. The Balaban J connectivity index is 1.76. The normalized spacial score (nSPS) is 17.4. The largest absolute Gasteiger partial charge is 0.495 e. The molecule has 0 N–H and O–H groups in total. The summed E-state index contributed by atoms with van der Waals surface area (Å²) >= 11 is 0. The second-order valence-corrected chi connectivity index (χ2v) is 14.2. The zero-order valence-corrected chi connectivity index (χ0v) is 25.3. The van der Waals surface area contributed by atoms with E-state index >= 15 is 0 Å². The fourth-order valence-corrected chi connectivity index (χ4v) is 4.64. The van der Waals surface area contributed by atoms with Crippen LogP contribution in [0.5, 0.6) is 5.75 Å². The van der Waals surface area contributed by atoms with E-state index in [2.05, 4.69) is 34.6 Å². The average Bonchev–Trinajstić information content (AvgIpc) is 3.35. The molecule has 0 bridgehead atoms. The number of benzene rings is 1. The molecule has 3 heterocycles. The highest BCUT2D eigenvalue weighted by atomic mass is 28.2. The summed E-state index contributed by atoms with van der Waals surface area (Å²) in [7, 11) is 1.46. The van der Waals surface area contributed by atoms with Crippen molar-refractivity contribution in [1.29, 1.82) is 0 Å². The van der Waals surface area contributed by atoms with E-state index in [-0.39, 0.29) is 5.04 Å². The molecule has 38 heavy (non-hydrogen) atoms. The molecule has 0 atom stereocenters. The van der Waals surface area contributed by atoms with E-state index in [9.17, 15) is 0 Å². The first-order chi connectivity index (χ1) is 17.6.